The maximum absolute atomic E-state index is 15.1. The van der Waals surface area contributed by atoms with E-state index in [1.807, 2.05) is 4.90 Å². The number of nitrogens with one attached hydrogen (secondary N) is 1. The largest absolute Gasteiger partial charge is 0.382 e. The fourth-order valence-corrected chi connectivity index (χ4v) is 7.61. The third-order valence-corrected chi connectivity index (χ3v) is 9.63. The zero-order chi connectivity index (χ0) is 27.4. The first-order chi connectivity index (χ1) is 19.5. The van der Waals surface area contributed by atoms with Gasteiger partial charge in [-0.05, 0) is 104 Å². The molecule has 2 unspecified atom stereocenters. The average Bonchev–Trinajstić information content (AvgIpc) is 3.39. The molecule has 0 radical (unpaired) electrons. The summed E-state index contributed by atoms with van der Waals surface area (Å²) >= 11 is 0. The van der Waals surface area contributed by atoms with E-state index in [-0.39, 0.29) is 17.4 Å². The topological polar surface area (TPSA) is 52.4 Å². The molecule has 4 aliphatic rings. The molecule has 3 fully saturated rings. The van der Waals surface area contributed by atoms with E-state index in [4.69, 9.17) is 0 Å². The maximum Gasteiger partial charge on any atom is 0.257 e. The highest BCUT2D eigenvalue weighted by molar-refractivity contribution is 6.21. The Bertz CT molecular complexity index is 1460. The van der Waals surface area contributed by atoms with Crippen LogP contribution in [0.2, 0.25) is 0 Å². The van der Waals surface area contributed by atoms with E-state index in [9.17, 15) is 9.59 Å². The monoisotopic (exact) mass is 537 g/mol. The van der Waals surface area contributed by atoms with E-state index in [0.717, 1.165) is 36.2 Å². The first-order valence-corrected chi connectivity index (χ1v) is 14.9. The van der Waals surface area contributed by atoms with Gasteiger partial charge >= 0.3 is 0 Å². The number of halogens is 1. The van der Waals surface area contributed by atoms with Crippen LogP contribution in [0.25, 0.3) is 0 Å². The minimum absolute atomic E-state index is 0.0476. The number of carbonyl (C=O) groups excluding carboxylic acids is 2. The molecule has 2 saturated heterocycles. The molecule has 206 valence electrons. The number of aryl methyl sites for hydroxylation is 3. The smallest absolute Gasteiger partial charge is 0.257 e. The third-order valence-electron chi connectivity index (χ3n) is 9.63. The number of hydrogen-bond donors (Lipinski definition) is 1. The highest BCUT2D eigenvalue weighted by Gasteiger charge is 2.70. The van der Waals surface area contributed by atoms with Gasteiger partial charge < -0.3 is 10.2 Å². The molecule has 2 amide bonds. The molecule has 40 heavy (non-hydrogen) atoms. The second-order valence-electron chi connectivity index (χ2n) is 12.1. The number of anilines is 2. The van der Waals surface area contributed by atoms with Crippen molar-refractivity contribution in [2.45, 2.75) is 82.3 Å². The Morgan fingerprint density at radius 3 is 2.50 bits per heavy atom. The highest BCUT2D eigenvalue weighted by atomic mass is 19.1. The zero-order valence-electron chi connectivity index (χ0n) is 23.1. The highest BCUT2D eigenvalue weighted by Crippen LogP contribution is 2.56. The van der Waals surface area contributed by atoms with Crippen LogP contribution < -0.4 is 10.2 Å². The molecule has 2 aliphatic carbocycles. The van der Waals surface area contributed by atoms with Gasteiger partial charge in [0, 0.05) is 24.0 Å². The summed E-state index contributed by atoms with van der Waals surface area (Å²) in [5.74, 6) is -0.815. The second kappa shape index (κ2) is 9.76. The molecule has 2 atom stereocenters. The molecule has 6 heteroatoms. The predicted octanol–water partition coefficient (Wildman–Crippen LogP) is 6.74. The Labute approximate surface area is 235 Å². The van der Waals surface area contributed by atoms with Crippen molar-refractivity contribution < 1.29 is 14.0 Å². The van der Waals surface area contributed by atoms with Crippen LogP contribution in [0.4, 0.5) is 15.8 Å². The molecule has 1 N–H and O–H groups in total. The number of nitrogens with zero attached hydrogens (tertiary/aromatic N) is 2. The minimum atomic E-state index is -0.847. The van der Waals surface area contributed by atoms with Crippen molar-refractivity contribution in [1.82, 2.24) is 4.90 Å². The van der Waals surface area contributed by atoms with Crippen molar-refractivity contribution in [3.8, 4) is 0 Å². The third kappa shape index (κ3) is 4.03. The second-order valence-corrected chi connectivity index (χ2v) is 12.1. The summed E-state index contributed by atoms with van der Waals surface area (Å²) in [5, 5.41) is 3.64. The number of likely N-dealkylation sites (tertiary alicyclic amines) is 1. The van der Waals surface area contributed by atoms with Gasteiger partial charge in [-0.2, -0.15) is 0 Å². The van der Waals surface area contributed by atoms with Gasteiger partial charge in [0.2, 0.25) is 0 Å². The van der Waals surface area contributed by atoms with Gasteiger partial charge in [0.15, 0.2) is 5.54 Å². The first kappa shape index (κ1) is 25.3. The molecule has 1 spiro atoms. The number of fused-ring (bicyclic) bond motifs is 1. The van der Waals surface area contributed by atoms with Crippen molar-refractivity contribution in [3.05, 3.63) is 94.3 Å². The van der Waals surface area contributed by atoms with Gasteiger partial charge in [0.25, 0.3) is 11.8 Å². The summed E-state index contributed by atoms with van der Waals surface area (Å²) in [4.78, 5) is 31.7. The zero-order valence-corrected chi connectivity index (χ0v) is 23.1. The van der Waals surface area contributed by atoms with Crippen molar-refractivity contribution >= 4 is 23.2 Å². The van der Waals surface area contributed by atoms with Gasteiger partial charge in [-0.1, -0.05) is 43.2 Å². The lowest BCUT2D eigenvalue weighted by molar-refractivity contribution is -0.112. The van der Waals surface area contributed by atoms with Crippen LogP contribution in [0.1, 0.15) is 83.6 Å². The summed E-state index contributed by atoms with van der Waals surface area (Å²) in [6.45, 7) is 2.25. The molecule has 5 nitrogen and oxygen atoms in total. The number of amides is 2. The van der Waals surface area contributed by atoms with Gasteiger partial charge in [0.1, 0.15) is 5.82 Å². The minimum Gasteiger partial charge on any atom is -0.382 e. The molecular weight excluding hydrogens is 501 g/mol. The average molecular weight is 538 g/mol. The lowest BCUT2D eigenvalue weighted by Gasteiger charge is -2.41. The van der Waals surface area contributed by atoms with Gasteiger partial charge in [-0.15, -0.1) is 0 Å². The van der Waals surface area contributed by atoms with Gasteiger partial charge in [-0.3, -0.25) is 14.5 Å². The van der Waals surface area contributed by atoms with Crippen molar-refractivity contribution in [2.24, 2.45) is 0 Å². The number of rotatable bonds is 5. The molecule has 0 bridgehead atoms. The van der Waals surface area contributed by atoms with E-state index in [2.05, 4.69) is 47.8 Å². The fourth-order valence-electron chi connectivity index (χ4n) is 7.61. The molecule has 2 aliphatic heterocycles. The Morgan fingerprint density at radius 1 is 0.950 bits per heavy atom. The summed E-state index contributed by atoms with van der Waals surface area (Å²) in [6.07, 6.45) is 9.49. The molecule has 7 rings (SSSR count). The lowest BCUT2D eigenvalue weighted by Crippen LogP contribution is -2.49. The van der Waals surface area contributed by atoms with Crippen LogP contribution in [0, 0.1) is 12.7 Å². The SMILES string of the molecule is Cc1cccc(F)c1C(=O)N1CCCC2(C(=O)N2c2ccc3c(c2)CCC3)C1c1ccc(NC2CCCC2)cc1. The van der Waals surface area contributed by atoms with E-state index >= 15 is 4.39 Å². The number of benzene rings is 3. The van der Waals surface area contributed by atoms with E-state index < -0.39 is 17.4 Å². The van der Waals surface area contributed by atoms with Crippen LogP contribution in [0.5, 0.6) is 0 Å². The van der Waals surface area contributed by atoms with Crippen LogP contribution in [-0.2, 0) is 17.6 Å². The quantitative estimate of drug-likeness (QED) is 0.367. The summed E-state index contributed by atoms with van der Waals surface area (Å²) in [7, 11) is 0. The van der Waals surface area contributed by atoms with Crippen molar-refractivity contribution in [1.29, 1.82) is 0 Å². The molecule has 3 aromatic carbocycles. The standard InChI is InChI=1S/C34H36FN3O2/c1-22-7-4-12-29(35)30(22)32(39)37-20-6-19-34(33(40)38(34)28-18-15-23-8-5-9-25(23)21-28)31(37)24-13-16-27(17-14-24)36-26-10-2-3-11-26/h4,7,12-18,21,26,31,36H,2-3,5-6,8-11,19-20H2,1H3. The van der Waals surface area contributed by atoms with E-state index in [1.165, 1.54) is 42.9 Å². The Hall–Kier alpha value is -3.67. The first-order valence-electron chi connectivity index (χ1n) is 14.9. The Kier molecular flexibility index (Phi) is 6.17. The Morgan fingerprint density at radius 2 is 1.73 bits per heavy atom. The molecule has 3 aromatic rings. The molecule has 0 aromatic heterocycles. The Balaban J connectivity index is 1.28. The number of carbonyl (C=O) groups is 2. The van der Waals surface area contributed by atoms with Crippen molar-refractivity contribution in [2.75, 3.05) is 16.8 Å². The van der Waals surface area contributed by atoms with Crippen LogP contribution in [-0.4, -0.2) is 34.8 Å². The van der Waals surface area contributed by atoms with Crippen molar-refractivity contribution in [3.63, 3.8) is 0 Å². The summed E-state index contributed by atoms with van der Waals surface area (Å²) < 4.78 is 15.1. The predicted molar refractivity (Wildman–Crippen MR) is 155 cm³/mol. The molecule has 2 heterocycles. The van der Waals surface area contributed by atoms with E-state index in [0.29, 0.717) is 31.0 Å². The normalized spacial score (nSPS) is 24.1. The number of piperidine rings is 1. The molecular formula is C34H36FN3O2. The summed E-state index contributed by atoms with van der Waals surface area (Å²) in [5.41, 5.74) is 5.42. The van der Waals surface area contributed by atoms with Crippen LogP contribution in [0.3, 0.4) is 0 Å². The fraction of sp³-hybridized carbons (Fsp3) is 0.412. The molecule has 1 saturated carbocycles. The number of hydrogen-bond acceptors (Lipinski definition) is 3. The van der Waals surface area contributed by atoms with Crippen LogP contribution >= 0.6 is 0 Å². The van der Waals surface area contributed by atoms with Gasteiger partial charge in [0.05, 0.1) is 11.6 Å². The maximum atomic E-state index is 15.1. The van der Waals surface area contributed by atoms with Crippen LogP contribution in [0.15, 0.2) is 60.7 Å². The van der Waals surface area contributed by atoms with Gasteiger partial charge in [-0.25, -0.2) is 4.39 Å². The van der Waals surface area contributed by atoms with E-state index in [1.54, 1.807) is 24.0 Å². The summed E-state index contributed by atoms with van der Waals surface area (Å²) in [6, 6.07) is 19.4. The lowest BCUT2D eigenvalue weighted by atomic mass is 9.82.